The first-order valence-corrected chi connectivity index (χ1v) is 13.9. The standard InChI is InChI=1S/C28H33ClN2O4S/c1-4-18-35-27-10-6-5-8-23(27)9-7-17-30-28(32)20-31(26-19-24(29)14-13-22(26)3)36(33,34)25-15-11-21(2)12-16-25/h5-6,8,10-16,19H,4,7,9,17-18,20H2,1-3H3,(H,30,32). The highest BCUT2D eigenvalue weighted by Crippen LogP contribution is 2.29. The summed E-state index contributed by atoms with van der Waals surface area (Å²) in [4.78, 5) is 13.0. The molecule has 1 N–H and O–H groups in total. The Kier molecular flexibility index (Phi) is 9.79. The van der Waals surface area contributed by atoms with E-state index in [1.165, 1.54) is 0 Å². The van der Waals surface area contributed by atoms with Crippen LogP contribution in [0.3, 0.4) is 0 Å². The van der Waals surface area contributed by atoms with Crippen LogP contribution in [0.15, 0.2) is 71.6 Å². The molecule has 8 heteroatoms. The number of carbonyl (C=O) groups excluding carboxylic acids is 1. The predicted octanol–water partition coefficient (Wildman–Crippen LogP) is 5.69. The molecule has 0 spiro atoms. The monoisotopic (exact) mass is 528 g/mol. The Bertz CT molecular complexity index is 1280. The maximum absolute atomic E-state index is 13.6. The molecule has 0 atom stereocenters. The second kappa shape index (κ2) is 12.8. The minimum absolute atomic E-state index is 0.115. The Balaban J connectivity index is 1.71. The van der Waals surface area contributed by atoms with Crippen LogP contribution in [0.2, 0.25) is 5.02 Å². The van der Waals surface area contributed by atoms with E-state index in [4.69, 9.17) is 16.3 Å². The third-order valence-corrected chi connectivity index (χ3v) is 7.72. The Morgan fingerprint density at radius 1 is 1.03 bits per heavy atom. The molecule has 0 bridgehead atoms. The molecule has 0 aromatic heterocycles. The van der Waals surface area contributed by atoms with Crippen LogP contribution in [0, 0.1) is 13.8 Å². The molecule has 0 unspecified atom stereocenters. The normalized spacial score (nSPS) is 11.2. The molecule has 0 saturated heterocycles. The number of sulfonamides is 1. The van der Waals surface area contributed by atoms with Crippen molar-refractivity contribution in [1.82, 2.24) is 5.32 Å². The van der Waals surface area contributed by atoms with E-state index in [-0.39, 0.29) is 17.3 Å². The molecule has 0 radical (unpaired) electrons. The lowest BCUT2D eigenvalue weighted by molar-refractivity contribution is -0.119. The first-order valence-electron chi connectivity index (χ1n) is 12.1. The van der Waals surface area contributed by atoms with Gasteiger partial charge in [-0.3, -0.25) is 9.10 Å². The number of nitrogens with zero attached hydrogens (tertiary/aromatic N) is 1. The van der Waals surface area contributed by atoms with Crippen LogP contribution in [0.1, 0.15) is 36.5 Å². The summed E-state index contributed by atoms with van der Waals surface area (Å²) >= 11 is 6.19. The summed E-state index contributed by atoms with van der Waals surface area (Å²) in [6.45, 7) is 6.45. The number of para-hydroxylation sites is 1. The van der Waals surface area contributed by atoms with E-state index >= 15 is 0 Å². The summed E-state index contributed by atoms with van der Waals surface area (Å²) < 4.78 is 34.1. The van der Waals surface area contributed by atoms with Crippen LogP contribution in [-0.4, -0.2) is 34.0 Å². The van der Waals surface area contributed by atoms with E-state index in [0.717, 1.165) is 34.0 Å². The van der Waals surface area contributed by atoms with Gasteiger partial charge in [-0.15, -0.1) is 0 Å². The Labute approximate surface area is 219 Å². The maximum Gasteiger partial charge on any atom is 0.264 e. The largest absolute Gasteiger partial charge is 0.493 e. The van der Waals surface area contributed by atoms with Crippen molar-refractivity contribution in [2.24, 2.45) is 0 Å². The van der Waals surface area contributed by atoms with Crippen molar-refractivity contribution in [2.45, 2.75) is 44.9 Å². The molecule has 0 aliphatic heterocycles. The molecule has 0 fully saturated rings. The van der Waals surface area contributed by atoms with Crippen molar-refractivity contribution in [3.63, 3.8) is 0 Å². The van der Waals surface area contributed by atoms with Crippen molar-refractivity contribution < 1.29 is 17.9 Å². The van der Waals surface area contributed by atoms with Gasteiger partial charge in [0.1, 0.15) is 12.3 Å². The second-order valence-corrected chi connectivity index (χ2v) is 11.0. The summed E-state index contributed by atoms with van der Waals surface area (Å²) in [5.74, 6) is 0.470. The van der Waals surface area contributed by atoms with Gasteiger partial charge in [0.15, 0.2) is 0 Å². The first-order chi connectivity index (χ1) is 17.2. The first kappa shape index (κ1) is 27.6. The molecular formula is C28H33ClN2O4S. The molecule has 1 amide bonds. The zero-order chi connectivity index (χ0) is 26.1. The number of ether oxygens (including phenoxy) is 1. The van der Waals surface area contributed by atoms with Crippen molar-refractivity contribution in [3.05, 3.63) is 88.4 Å². The van der Waals surface area contributed by atoms with Gasteiger partial charge in [-0.25, -0.2) is 8.42 Å². The van der Waals surface area contributed by atoms with Gasteiger partial charge in [-0.05, 0) is 74.6 Å². The highest BCUT2D eigenvalue weighted by atomic mass is 35.5. The average molecular weight is 529 g/mol. The summed E-state index contributed by atoms with van der Waals surface area (Å²) in [7, 11) is -4.00. The minimum atomic E-state index is -4.00. The van der Waals surface area contributed by atoms with Crippen molar-refractivity contribution >= 4 is 33.2 Å². The molecular weight excluding hydrogens is 496 g/mol. The molecule has 6 nitrogen and oxygen atoms in total. The number of anilines is 1. The summed E-state index contributed by atoms with van der Waals surface area (Å²) in [5.41, 5.74) is 3.10. The summed E-state index contributed by atoms with van der Waals surface area (Å²) in [6, 6.07) is 19.4. The molecule has 3 aromatic carbocycles. The van der Waals surface area contributed by atoms with E-state index in [2.05, 4.69) is 12.2 Å². The SMILES string of the molecule is CCCOc1ccccc1CCCNC(=O)CN(c1cc(Cl)ccc1C)S(=O)(=O)c1ccc(C)cc1. The molecule has 36 heavy (non-hydrogen) atoms. The van der Waals surface area contributed by atoms with Gasteiger partial charge in [0, 0.05) is 11.6 Å². The van der Waals surface area contributed by atoms with Crippen LogP contribution in [0.25, 0.3) is 0 Å². The Morgan fingerprint density at radius 2 is 1.75 bits per heavy atom. The number of hydrogen-bond donors (Lipinski definition) is 1. The number of amides is 1. The molecule has 0 aliphatic rings. The molecule has 192 valence electrons. The van der Waals surface area contributed by atoms with Gasteiger partial charge in [-0.2, -0.15) is 0 Å². The zero-order valence-corrected chi connectivity index (χ0v) is 22.5. The highest BCUT2D eigenvalue weighted by Gasteiger charge is 2.28. The number of halogens is 1. The third-order valence-electron chi connectivity index (χ3n) is 5.72. The third kappa shape index (κ3) is 7.24. The minimum Gasteiger partial charge on any atom is -0.493 e. The van der Waals surface area contributed by atoms with Crippen LogP contribution in [-0.2, 0) is 21.2 Å². The highest BCUT2D eigenvalue weighted by molar-refractivity contribution is 7.92. The summed E-state index contributed by atoms with van der Waals surface area (Å²) in [5, 5.41) is 3.26. The van der Waals surface area contributed by atoms with Gasteiger partial charge < -0.3 is 10.1 Å². The fourth-order valence-electron chi connectivity index (χ4n) is 3.74. The number of rotatable bonds is 12. The molecule has 3 rings (SSSR count). The van der Waals surface area contributed by atoms with Gasteiger partial charge >= 0.3 is 0 Å². The van der Waals surface area contributed by atoms with Crippen LogP contribution < -0.4 is 14.4 Å². The van der Waals surface area contributed by atoms with Crippen molar-refractivity contribution in [3.8, 4) is 5.75 Å². The van der Waals surface area contributed by atoms with Gasteiger partial charge in [0.2, 0.25) is 5.91 Å². The van der Waals surface area contributed by atoms with Crippen LogP contribution >= 0.6 is 11.6 Å². The fourth-order valence-corrected chi connectivity index (χ4v) is 5.39. The molecule has 0 heterocycles. The van der Waals surface area contributed by atoms with Crippen LogP contribution in [0.4, 0.5) is 5.69 Å². The predicted molar refractivity (Wildman–Crippen MR) is 145 cm³/mol. The number of aryl methyl sites for hydroxylation is 3. The Morgan fingerprint density at radius 3 is 2.47 bits per heavy atom. The van der Waals surface area contributed by atoms with E-state index in [0.29, 0.717) is 35.8 Å². The summed E-state index contributed by atoms with van der Waals surface area (Å²) in [6.07, 6.45) is 2.36. The smallest absolute Gasteiger partial charge is 0.264 e. The van der Waals surface area contributed by atoms with Crippen molar-refractivity contribution in [1.29, 1.82) is 0 Å². The second-order valence-electron chi connectivity index (χ2n) is 8.67. The average Bonchev–Trinajstić information content (AvgIpc) is 2.86. The Hall–Kier alpha value is -3.03. The lowest BCUT2D eigenvalue weighted by Gasteiger charge is -2.26. The van der Waals surface area contributed by atoms with Crippen molar-refractivity contribution in [2.75, 3.05) is 24.0 Å². The lowest BCUT2D eigenvalue weighted by atomic mass is 10.1. The van der Waals surface area contributed by atoms with E-state index in [9.17, 15) is 13.2 Å². The van der Waals surface area contributed by atoms with Gasteiger partial charge in [0.05, 0.1) is 17.2 Å². The number of nitrogens with one attached hydrogen (secondary N) is 1. The number of hydrogen-bond acceptors (Lipinski definition) is 4. The fraction of sp³-hybridized carbons (Fsp3) is 0.321. The van der Waals surface area contributed by atoms with Gasteiger partial charge in [0.25, 0.3) is 10.0 Å². The topological polar surface area (TPSA) is 75.7 Å². The molecule has 3 aromatic rings. The maximum atomic E-state index is 13.6. The quantitative estimate of drug-likeness (QED) is 0.306. The number of carbonyl (C=O) groups is 1. The molecule has 0 saturated carbocycles. The molecule has 0 aliphatic carbocycles. The van der Waals surface area contributed by atoms with Gasteiger partial charge in [-0.1, -0.05) is 60.5 Å². The zero-order valence-electron chi connectivity index (χ0n) is 21.0. The van der Waals surface area contributed by atoms with E-state index in [1.54, 1.807) is 49.4 Å². The lowest BCUT2D eigenvalue weighted by Crippen LogP contribution is -2.41. The van der Waals surface area contributed by atoms with Crippen LogP contribution in [0.5, 0.6) is 5.75 Å². The van der Waals surface area contributed by atoms with E-state index in [1.807, 2.05) is 31.2 Å². The number of benzene rings is 3. The van der Waals surface area contributed by atoms with E-state index < -0.39 is 10.0 Å².